The summed E-state index contributed by atoms with van der Waals surface area (Å²) in [5, 5.41) is 0. The van der Waals surface area contributed by atoms with E-state index in [-0.39, 0.29) is 5.56 Å². The van der Waals surface area contributed by atoms with Crippen molar-refractivity contribution in [2.24, 2.45) is 0 Å². The van der Waals surface area contributed by atoms with Crippen LogP contribution in [0.2, 0.25) is 0 Å². The number of aromatic amines is 1. The maximum atomic E-state index is 11.1. The molecule has 2 rings (SSSR count). The van der Waals surface area contributed by atoms with Crippen LogP contribution in [0.1, 0.15) is 57.9 Å². The number of pyridine rings is 1. The van der Waals surface area contributed by atoms with Gasteiger partial charge in [0.05, 0.1) is 6.10 Å². The van der Waals surface area contributed by atoms with Gasteiger partial charge in [0.25, 0.3) is 0 Å². The fourth-order valence-electron chi connectivity index (χ4n) is 2.84. The van der Waals surface area contributed by atoms with Crippen molar-refractivity contribution >= 4 is 6.08 Å². The Labute approximate surface area is 157 Å². The Morgan fingerprint density at radius 1 is 1.04 bits per heavy atom. The van der Waals surface area contributed by atoms with Gasteiger partial charge in [-0.15, -0.1) is 0 Å². The summed E-state index contributed by atoms with van der Waals surface area (Å²) in [7, 11) is 0. The second-order valence-corrected chi connectivity index (χ2v) is 6.79. The molecule has 1 unspecified atom stereocenters. The Hall–Kier alpha value is -2.13. The van der Waals surface area contributed by atoms with Crippen LogP contribution in [-0.4, -0.2) is 17.7 Å². The molecule has 3 heteroatoms. The summed E-state index contributed by atoms with van der Waals surface area (Å²) in [6.07, 6.45) is 13.5. The number of unbranched alkanes of at least 4 members (excludes halogenated alkanes) is 3. The normalized spacial score (nSPS) is 12.5. The van der Waals surface area contributed by atoms with Crippen molar-refractivity contribution in [3.63, 3.8) is 0 Å². The van der Waals surface area contributed by atoms with Crippen molar-refractivity contribution in [1.82, 2.24) is 4.98 Å². The van der Waals surface area contributed by atoms with Crippen LogP contribution < -0.4 is 5.56 Å². The molecule has 0 spiro atoms. The third kappa shape index (κ3) is 7.40. The highest BCUT2D eigenvalue weighted by Gasteiger charge is 2.01. The van der Waals surface area contributed by atoms with E-state index >= 15 is 0 Å². The summed E-state index contributed by atoms with van der Waals surface area (Å²) >= 11 is 0. The Kier molecular flexibility index (Phi) is 8.91. The van der Waals surface area contributed by atoms with Crippen LogP contribution in [-0.2, 0) is 4.74 Å². The van der Waals surface area contributed by atoms with Crippen LogP contribution >= 0.6 is 0 Å². The third-order valence-electron chi connectivity index (χ3n) is 4.47. The number of ether oxygens (including phenoxy) is 1. The summed E-state index contributed by atoms with van der Waals surface area (Å²) in [4.78, 5) is 13.8. The zero-order valence-electron chi connectivity index (χ0n) is 16.0. The first kappa shape index (κ1) is 20.2. The van der Waals surface area contributed by atoms with Gasteiger partial charge in [-0.3, -0.25) is 4.79 Å². The molecule has 0 radical (unpaired) electrons. The minimum Gasteiger partial charge on any atom is -0.379 e. The van der Waals surface area contributed by atoms with Crippen molar-refractivity contribution in [2.75, 3.05) is 6.61 Å². The molecule has 0 fully saturated rings. The lowest BCUT2D eigenvalue weighted by Crippen LogP contribution is -2.08. The van der Waals surface area contributed by atoms with Gasteiger partial charge in [-0.2, -0.15) is 0 Å². The van der Waals surface area contributed by atoms with E-state index in [1.54, 1.807) is 12.3 Å². The monoisotopic (exact) mass is 353 g/mol. The molecule has 140 valence electrons. The van der Waals surface area contributed by atoms with Gasteiger partial charge in [0, 0.05) is 18.9 Å². The Balaban J connectivity index is 1.70. The second-order valence-electron chi connectivity index (χ2n) is 6.79. The fourth-order valence-corrected chi connectivity index (χ4v) is 2.84. The average Bonchev–Trinajstić information content (AvgIpc) is 2.66. The highest BCUT2D eigenvalue weighted by Crippen LogP contribution is 2.18. The van der Waals surface area contributed by atoms with E-state index in [4.69, 9.17) is 4.74 Å². The molecule has 0 aliphatic carbocycles. The zero-order chi connectivity index (χ0) is 18.6. The number of hydrogen-bond donors (Lipinski definition) is 1. The van der Waals surface area contributed by atoms with Gasteiger partial charge in [-0.05, 0) is 55.4 Å². The second kappa shape index (κ2) is 11.5. The fraction of sp³-hybridized carbons (Fsp3) is 0.435. The van der Waals surface area contributed by atoms with E-state index < -0.39 is 0 Å². The lowest BCUT2D eigenvalue weighted by atomic mass is 10.1. The molecule has 0 aliphatic heterocycles. The molecule has 26 heavy (non-hydrogen) atoms. The van der Waals surface area contributed by atoms with E-state index in [1.165, 1.54) is 24.8 Å². The van der Waals surface area contributed by atoms with E-state index in [1.807, 2.05) is 6.07 Å². The van der Waals surface area contributed by atoms with E-state index in [0.29, 0.717) is 6.10 Å². The summed E-state index contributed by atoms with van der Waals surface area (Å²) in [5.41, 5.74) is 3.25. The first-order valence-corrected chi connectivity index (χ1v) is 9.76. The molecular formula is C23H31NO2. The van der Waals surface area contributed by atoms with Crippen LogP contribution in [0.15, 0.2) is 53.5 Å². The lowest BCUT2D eigenvalue weighted by Gasteiger charge is -2.11. The van der Waals surface area contributed by atoms with E-state index in [0.717, 1.165) is 37.0 Å². The van der Waals surface area contributed by atoms with Gasteiger partial charge < -0.3 is 9.72 Å². The standard InChI is InChI=1S/C23H31NO2/c1-3-4-8-17-26-19(2)9-6-5-7-10-20-11-13-21(14-12-20)22-15-16-23(25)24-18-22/h7,10-16,18-19H,3-6,8-9,17H2,1-2H3,(H,24,25)/b10-7+. The van der Waals surface area contributed by atoms with Crippen LogP contribution in [0.4, 0.5) is 0 Å². The Morgan fingerprint density at radius 2 is 1.81 bits per heavy atom. The SMILES string of the molecule is CCCCCOC(C)CCC/C=C/c1ccc(-c2ccc(=O)[nH]c2)cc1. The molecule has 0 saturated carbocycles. The minimum atomic E-state index is -0.0750. The molecule has 1 aromatic heterocycles. The maximum Gasteiger partial charge on any atom is 0.247 e. The van der Waals surface area contributed by atoms with Gasteiger partial charge in [-0.25, -0.2) is 0 Å². The zero-order valence-corrected chi connectivity index (χ0v) is 16.0. The van der Waals surface area contributed by atoms with Gasteiger partial charge in [0.15, 0.2) is 0 Å². The third-order valence-corrected chi connectivity index (χ3v) is 4.47. The average molecular weight is 354 g/mol. The van der Waals surface area contributed by atoms with Crippen LogP contribution in [0.25, 0.3) is 17.2 Å². The molecule has 0 aliphatic rings. The molecule has 0 saturated heterocycles. The van der Waals surface area contributed by atoms with Crippen molar-refractivity contribution < 1.29 is 4.74 Å². The first-order valence-electron chi connectivity index (χ1n) is 9.76. The maximum absolute atomic E-state index is 11.1. The van der Waals surface area contributed by atoms with Crippen molar-refractivity contribution in [1.29, 1.82) is 0 Å². The molecule has 0 bridgehead atoms. The smallest absolute Gasteiger partial charge is 0.247 e. The number of nitrogens with one attached hydrogen (secondary N) is 1. The highest BCUT2D eigenvalue weighted by atomic mass is 16.5. The van der Waals surface area contributed by atoms with Gasteiger partial charge >= 0.3 is 0 Å². The topological polar surface area (TPSA) is 42.1 Å². The highest BCUT2D eigenvalue weighted by molar-refractivity contribution is 5.64. The number of aromatic nitrogens is 1. The summed E-state index contributed by atoms with van der Waals surface area (Å²) in [5.74, 6) is 0. The summed E-state index contributed by atoms with van der Waals surface area (Å²) < 4.78 is 5.83. The quantitative estimate of drug-likeness (QED) is 0.517. The van der Waals surface area contributed by atoms with Crippen molar-refractivity contribution in [3.8, 4) is 11.1 Å². The van der Waals surface area contributed by atoms with Gasteiger partial charge in [-0.1, -0.05) is 56.2 Å². The number of hydrogen-bond acceptors (Lipinski definition) is 2. The summed E-state index contributed by atoms with van der Waals surface area (Å²) in [6.45, 7) is 5.28. The lowest BCUT2D eigenvalue weighted by molar-refractivity contribution is 0.0566. The Morgan fingerprint density at radius 3 is 2.50 bits per heavy atom. The minimum absolute atomic E-state index is 0.0750. The predicted octanol–water partition coefficient (Wildman–Crippen LogP) is 5.82. The molecular weight excluding hydrogens is 322 g/mol. The van der Waals surface area contributed by atoms with Crippen LogP contribution in [0.5, 0.6) is 0 Å². The summed E-state index contributed by atoms with van der Waals surface area (Å²) in [6, 6.07) is 11.8. The van der Waals surface area contributed by atoms with Crippen LogP contribution in [0, 0.1) is 0 Å². The van der Waals surface area contributed by atoms with Crippen molar-refractivity contribution in [2.45, 2.75) is 58.5 Å². The van der Waals surface area contributed by atoms with E-state index in [2.05, 4.69) is 55.2 Å². The van der Waals surface area contributed by atoms with Gasteiger partial charge in [0.1, 0.15) is 0 Å². The molecule has 1 aromatic carbocycles. The van der Waals surface area contributed by atoms with Gasteiger partial charge in [0.2, 0.25) is 5.56 Å². The number of rotatable bonds is 11. The van der Waals surface area contributed by atoms with E-state index in [9.17, 15) is 4.79 Å². The number of allylic oxidation sites excluding steroid dienone is 1. The molecule has 1 N–H and O–H groups in total. The van der Waals surface area contributed by atoms with Crippen molar-refractivity contribution in [3.05, 3.63) is 64.6 Å². The molecule has 2 aromatic rings. The molecule has 1 atom stereocenters. The number of benzene rings is 1. The largest absolute Gasteiger partial charge is 0.379 e. The molecule has 3 nitrogen and oxygen atoms in total. The number of H-pyrrole nitrogens is 1. The predicted molar refractivity (Wildman–Crippen MR) is 110 cm³/mol. The molecule has 0 amide bonds. The molecule has 1 heterocycles. The van der Waals surface area contributed by atoms with Crippen LogP contribution in [0.3, 0.4) is 0 Å². The first-order chi connectivity index (χ1) is 12.7. The Bertz CT molecular complexity index is 695.